The second-order valence-corrected chi connectivity index (χ2v) is 15.7. The van der Waals surface area contributed by atoms with Gasteiger partial charge in [-0.15, -0.1) is 0 Å². The van der Waals surface area contributed by atoms with Crippen LogP contribution in [0.1, 0.15) is 63.5 Å². The summed E-state index contributed by atoms with van der Waals surface area (Å²) in [6, 6.07) is 32.4. The maximum atomic E-state index is 14.7. The highest BCUT2D eigenvalue weighted by atomic mass is 32.2. The van der Waals surface area contributed by atoms with Gasteiger partial charge in [0.25, 0.3) is 0 Å². The van der Waals surface area contributed by atoms with E-state index in [4.69, 9.17) is 4.74 Å². The normalized spacial score (nSPS) is 15.0. The van der Waals surface area contributed by atoms with Crippen LogP contribution in [0.5, 0.6) is 5.75 Å². The van der Waals surface area contributed by atoms with Gasteiger partial charge in [-0.3, -0.25) is 0 Å². The Morgan fingerprint density at radius 1 is 0.808 bits per heavy atom. The molecule has 1 aliphatic rings. The minimum Gasteiger partial charge on any atom is -0.494 e. The first kappa shape index (κ1) is 35.3. The Labute approximate surface area is 308 Å². The maximum absolute atomic E-state index is 14.7. The van der Waals surface area contributed by atoms with Crippen molar-refractivity contribution < 1.29 is 13.2 Å². The largest absolute Gasteiger partial charge is 0.494 e. The van der Waals surface area contributed by atoms with E-state index in [-0.39, 0.29) is 4.90 Å². The summed E-state index contributed by atoms with van der Waals surface area (Å²) >= 11 is 0. The number of hydrogen-bond donors (Lipinski definition) is 0. The lowest BCUT2D eigenvalue weighted by molar-refractivity contribution is 0.309. The molecular weight excluding hydrogens is 659 g/mol. The lowest BCUT2D eigenvalue weighted by Gasteiger charge is -2.12. The van der Waals surface area contributed by atoms with Crippen molar-refractivity contribution in [3.05, 3.63) is 154 Å². The van der Waals surface area contributed by atoms with E-state index >= 15 is 0 Å². The van der Waals surface area contributed by atoms with Crippen LogP contribution in [0.25, 0.3) is 44.1 Å². The fraction of sp³-hybridized carbons (Fsp3) is 0.234. The molecule has 0 unspecified atom stereocenters. The zero-order valence-electron chi connectivity index (χ0n) is 30.5. The molecule has 1 aliphatic carbocycles. The van der Waals surface area contributed by atoms with E-state index in [0.717, 1.165) is 65.2 Å². The fourth-order valence-electron chi connectivity index (χ4n) is 7.57. The Morgan fingerprint density at radius 3 is 2.25 bits per heavy atom. The number of aromatic nitrogens is 1. The number of nitrogens with zero attached hydrogens (tertiary/aromatic N) is 1. The number of rotatable bonds is 13. The van der Waals surface area contributed by atoms with Crippen molar-refractivity contribution in [3.63, 3.8) is 0 Å². The number of fused-ring (bicyclic) bond motifs is 1. The predicted molar refractivity (Wildman–Crippen MR) is 219 cm³/mol. The lowest BCUT2D eigenvalue weighted by atomic mass is 9.95. The minimum absolute atomic E-state index is 0.266. The average molecular weight is 706 g/mol. The molecule has 1 heterocycles. The molecule has 0 bridgehead atoms. The first-order chi connectivity index (χ1) is 25.3. The average Bonchev–Trinajstić information content (AvgIpc) is 3.72. The van der Waals surface area contributed by atoms with Gasteiger partial charge in [0.15, 0.2) is 0 Å². The quantitative estimate of drug-likeness (QED) is 0.0888. The van der Waals surface area contributed by atoms with Crippen molar-refractivity contribution in [1.82, 2.24) is 4.57 Å². The second kappa shape index (κ2) is 15.2. The van der Waals surface area contributed by atoms with Gasteiger partial charge in [0.05, 0.1) is 16.4 Å². The van der Waals surface area contributed by atoms with E-state index in [1.54, 1.807) is 24.3 Å². The molecule has 6 aromatic rings. The third-order valence-electron chi connectivity index (χ3n) is 10.3. The number of sulfone groups is 1. The van der Waals surface area contributed by atoms with Crippen LogP contribution in [-0.4, -0.2) is 19.6 Å². The van der Waals surface area contributed by atoms with Crippen LogP contribution >= 0.6 is 0 Å². The van der Waals surface area contributed by atoms with Crippen LogP contribution in [0.2, 0.25) is 0 Å². The summed E-state index contributed by atoms with van der Waals surface area (Å²) in [7, 11) is -3.87. The van der Waals surface area contributed by atoms with Crippen molar-refractivity contribution in [3.8, 4) is 5.75 Å². The number of ether oxygens (including phenoxy) is 1. The van der Waals surface area contributed by atoms with Gasteiger partial charge in [-0.25, -0.2) is 8.42 Å². The second-order valence-electron chi connectivity index (χ2n) is 13.8. The maximum Gasteiger partial charge on any atom is 0.207 e. The van der Waals surface area contributed by atoms with Gasteiger partial charge in [0, 0.05) is 28.2 Å². The van der Waals surface area contributed by atoms with E-state index in [9.17, 15) is 8.42 Å². The Bertz CT molecular complexity index is 2540. The summed E-state index contributed by atoms with van der Waals surface area (Å²) in [5, 5.41) is 7.10. The molecule has 1 aromatic heterocycles. The van der Waals surface area contributed by atoms with Crippen LogP contribution in [-0.2, 0) is 16.4 Å². The third kappa shape index (κ3) is 6.78. The standard InChI is InChI=1S/C47H47NO3S/c1-5-7-31-48-43(42-19-11-16-36-17-12-20-44(48)46(36)42)30-25-38-24-23-37(22-21-33(3)41-18-10-15-35-14-9-13-34(4)45(35)41)47(38)52(49,50)40-28-26-39(27-29-40)51-32-8-6-2/h9-22,25-30H,3,5-8,23-24,31-32H2,1-2,4H3/b22-21+,38-25+,43-30+. The number of unbranched alkanes of at least 4 members (excludes halogenated alkanes) is 2. The van der Waals surface area contributed by atoms with Crippen molar-refractivity contribution in [1.29, 1.82) is 0 Å². The molecule has 0 saturated heterocycles. The van der Waals surface area contributed by atoms with E-state index in [1.807, 2.05) is 12.2 Å². The van der Waals surface area contributed by atoms with Crippen LogP contribution in [0.3, 0.4) is 0 Å². The molecule has 0 saturated carbocycles. The Hall–Kier alpha value is -5.13. The van der Waals surface area contributed by atoms with Crippen molar-refractivity contribution in [2.75, 3.05) is 6.61 Å². The number of benzene rings is 5. The van der Waals surface area contributed by atoms with Crippen molar-refractivity contribution >= 4 is 53.9 Å². The highest BCUT2D eigenvalue weighted by Gasteiger charge is 2.31. The van der Waals surface area contributed by atoms with Gasteiger partial charge >= 0.3 is 0 Å². The van der Waals surface area contributed by atoms with Gasteiger partial charge in [-0.1, -0.05) is 118 Å². The Balaban J connectivity index is 1.35. The summed E-state index contributed by atoms with van der Waals surface area (Å²) in [6.45, 7) is 12.4. The minimum atomic E-state index is -3.87. The Morgan fingerprint density at radius 2 is 1.50 bits per heavy atom. The molecule has 264 valence electrons. The van der Waals surface area contributed by atoms with Crippen LogP contribution in [0.15, 0.2) is 143 Å². The van der Waals surface area contributed by atoms with Gasteiger partial charge in [-0.05, 0) is 113 Å². The molecule has 0 fully saturated rings. The zero-order chi connectivity index (χ0) is 36.2. The number of aryl methyl sites for hydroxylation is 2. The highest BCUT2D eigenvalue weighted by Crippen LogP contribution is 2.40. The molecule has 4 nitrogen and oxygen atoms in total. The number of hydrogen-bond acceptors (Lipinski definition) is 3. The van der Waals surface area contributed by atoms with Gasteiger partial charge < -0.3 is 9.30 Å². The fourth-order valence-corrected chi connectivity index (χ4v) is 9.33. The molecule has 7 rings (SSSR count). The van der Waals surface area contributed by atoms with E-state index in [2.05, 4.69) is 117 Å². The van der Waals surface area contributed by atoms with Crippen molar-refractivity contribution in [2.24, 2.45) is 0 Å². The molecule has 52 heavy (non-hydrogen) atoms. The summed E-state index contributed by atoms with van der Waals surface area (Å²) in [4.78, 5) is 0.652. The lowest BCUT2D eigenvalue weighted by Crippen LogP contribution is -2.16. The van der Waals surface area contributed by atoms with Crippen LogP contribution in [0, 0.1) is 6.92 Å². The van der Waals surface area contributed by atoms with Gasteiger partial charge in [0.1, 0.15) is 5.75 Å². The van der Waals surface area contributed by atoms with E-state index in [0.29, 0.717) is 30.1 Å². The number of allylic oxidation sites excluding steroid dienone is 6. The molecule has 0 radical (unpaired) electrons. The van der Waals surface area contributed by atoms with Crippen LogP contribution in [0.4, 0.5) is 0 Å². The first-order valence-electron chi connectivity index (χ1n) is 18.6. The molecule has 5 aromatic carbocycles. The highest BCUT2D eigenvalue weighted by molar-refractivity contribution is 7.95. The van der Waals surface area contributed by atoms with Gasteiger partial charge in [0.2, 0.25) is 9.84 Å². The molecule has 0 aliphatic heterocycles. The van der Waals surface area contributed by atoms with Gasteiger partial charge in [-0.2, -0.15) is 0 Å². The first-order valence-corrected chi connectivity index (χ1v) is 20.1. The molecule has 0 spiro atoms. The Kier molecular flexibility index (Phi) is 10.3. The monoisotopic (exact) mass is 705 g/mol. The summed E-state index contributed by atoms with van der Waals surface area (Å²) < 4.78 is 37.6. The van der Waals surface area contributed by atoms with Crippen LogP contribution < -0.4 is 10.1 Å². The zero-order valence-corrected chi connectivity index (χ0v) is 31.3. The smallest absolute Gasteiger partial charge is 0.207 e. The summed E-state index contributed by atoms with van der Waals surface area (Å²) in [5.74, 6) is 0.678. The molecule has 5 heteroatoms. The third-order valence-corrected chi connectivity index (χ3v) is 12.2. The molecule has 0 amide bonds. The predicted octanol–water partition coefficient (Wildman–Crippen LogP) is 11.5. The van der Waals surface area contributed by atoms with E-state index in [1.165, 1.54) is 32.6 Å². The molecular formula is C47H47NO3S. The molecule has 0 N–H and O–H groups in total. The summed E-state index contributed by atoms with van der Waals surface area (Å²) in [6.07, 6.45) is 13.5. The SMILES string of the molecule is C=C(/C=C/C1=C(S(=O)(=O)c2ccc(OCCCC)cc2)C(=C/C=c2\c3cccc4cccc(c43)n2CCCC)/CC1)c1cccc2cccc(C)c12. The molecule has 0 atom stereocenters. The summed E-state index contributed by atoms with van der Waals surface area (Å²) in [5.41, 5.74) is 5.92. The van der Waals surface area contributed by atoms with Crippen molar-refractivity contribution in [2.45, 2.75) is 70.7 Å². The van der Waals surface area contributed by atoms with E-state index < -0.39 is 9.84 Å². The topological polar surface area (TPSA) is 48.3 Å².